The van der Waals surface area contributed by atoms with E-state index >= 15 is 0 Å². The van der Waals surface area contributed by atoms with Crippen molar-refractivity contribution in [2.24, 2.45) is 11.8 Å². The van der Waals surface area contributed by atoms with Crippen LogP contribution in [0.4, 0.5) is 0 Å². The lowest BCUT2D eigenvalue weighted by atomic mass is 9.86. The van der Waals surface area contributed by atoms with E-state index in [9.17, 15) is 14.7 Å². The molecule has 3 N–H and O–H groups in total. The van der Waals surface area contributed by atoms with Crippen molar-refractivity contribution in [2.75, 3.05) is 6.61 Å². The van der Waals surface area contributed by atoms with Gasteiger partial charge in [-0.1, -0.05) is 25.0 Å². The van der Waals surface area contributed by atoms with E-state index in [-0.39, 0.29) is 48.0 Å². The minimum Gasteiger partial charge on any atom is -0.396 e. The molecule has 1 amide bonds. The molecule has 0 spiro atoms. The average Bonchev–Trinajstić information content (AvgIpc) is 3.24. The zero-order chi connectivity index (χ0) is 18.3. The van der Waals surface area contributed by atoms with Gasteiger partial charge in [0.25, 0.3) is 5.56 Å². The summed E-state index contributed by atoms with van der Waals surface area (Å²) < 4.78 is 1.78. The quantitative estimate of drug-likeness (QED) is 0.756. The van der Waals surface area contributed by atoms with Crippen LogP contribution in [-0.2, 0) is 11.3 Å². The third-order valence-electron chi connectivity index (χ3n) is 6.23. The highest BCUT2D eigenvalue weighted by atomic mass is 16.3. The van der Waals surface area contributed by atoms with Crippen LogP contribution in [0.25, 0.3) is 6.08 Å². The minimum atomic E-state index is -0.341. The Labute approximate surface area is 153 Å². The van der Waals surface area contributed by atoms with Gasteiger partial charge in [-0.15, -0.1) is 0 Å². The van der Waals surface area contributed by atoms with E-state index in [0.717, 1.165) is 31.4 Å². The van der Waals surface area contributed by atoms with E-state index in [1.807, 2.05) is 31.2 Å². The summed E-state index contributed by atoms with van der Waals surface area (Å²) >= 11 is 0. The first-order chi connectivity index (χ1) is 12.6. The first-order valence-electron chi connectivity index (χ1n) is 9.67. The van der Waals surface area contributed by atoms with Crippen LogP contribution < -0.4 is 16.2 Å². The Bertz CT molecular complexity index is 779. The number of hydrogen-bond donors (Lipinski definition) is 3. The molecular formula is C20H27N3O3. The van der Waals surface area contributed by atoms with Crippen LogP contribution in [0.15, 0.2) is 23.0 Å². The highest BCUT2D eigenvalue weighted by molar-refractivity contribution is 5.81. The molecule has 2 fully saturated rings. The van der Waals surface area contributed by atoms with Crippen LogP contribution in [0, 0.1) is 11.8 Å². The number of fused-ring (bicyclic) bond motifs is 4. The van der Waals surface area contributed by atoms with E-state index in [1.165, 1.54) is 0 Å². The molecule has 4 atom stereocenters. The molecule has 1 aromatic heterocycles. The predicted molar refractivity (Wildman–Crippen MR) is 99.5 cm³/mol. The Balaban J connectivity index is 1.67. The van der Waals surface area contributed by atoms with Gasteiger partial charge in [0.15, 0.2) is 0 Å². The number of amides is 1. The summed E-state index contributed by atoms with van der Waals surface area (Å²) in [6.07, 6.45) is 8.06. The normalized spacial score (nSPS) is 30.7. The maximum absolute atomic E-state index is 13.0. The number of aliphatic hydroxyl groups is 1. The fourth-order valence-electron chi connectivity index (χ4n) is 4.94. The topological polar surface area (TPSA) is 83.4 Å². The van der Waals surface area contributed by atoms with Crippen molar-refractivity contribution in [3.63, 3.8) is 0 Å². The van der Waals surface area contributed by atoms with Crippen LogP contribution in [0.2, 0.25) is 0 Å². The summed E-state index contributed by atoms with van der Waals surface area (Å²) in [6, 6.07) is 3.74. The van der Waals surface area contributed by atoms with Crippen molar-refractivity contribution in [2.45, 2.75) is 57.3 Å². The molecule has 0 aromatic carbocycles. The van der Waals surface area contributed by atoms with Gasteiger partial charge in [-0.25, -0.2) is 0 Å². The lowest BCUT2D eigenvalue weighted by molar-refractivity contribution is -0.127. The van der Waals surface area contributed by atoms with E-state index in [1.54, 1.807) is 4.57 Å². The second-order valence-corrected chi connectivity index (χ2v) is 7.74. The molecule has 0 radical (unpaired) electrons. The number of allylic oxidation sites excluding steroid dienone is 1. The molecule has 2 bridgehead atoms. The van der Waals surface area contributed by atoms with Gasteiger partial charge >= 0.3 is 0 Å². The van der Waals surface area contributed by atoms with Crippen LogP contribution in [-0.4, -0.2) is 34.3 Å². The first kappa shape index (κ1) is 17.5. The van der Waals surface area contributed by atoms with Crippen LogP contribution in [0.5, 0.6) is 0 Å². The van der Waals surface area contributed by atoms with Gasteiger partial charge in [0.1, 0.15) is 0 Å². The molecule has 1 aliphatic carbocycles. The number of carbonyl (C=O) groups is 1. The van der Waals surface area contributed by atoms with Gasteiger partial charge in [-0.2, -0.15) is 0 Å². The molecule has 1 saturated carbocycles. The van der Waals surface area contributed by atoms with Gasteiger partial charge in [-0.05, 0) is 31.9 Å². The number of aromatic nitrogens is 1. The zero-order valence-electron chi connectivity index (χ0n) is 15.1. The van der Waals surface area contributed by atoms with Gasteiger partial charge < -0.3 is 20.3 Å². The average molecular weight is 357 g/mol. The molecule has 1 aromatic rings. The zero-order valence-corrected chi connectivity index (χ0v) is 15.1. The van der Waals surface area contributed by atoms with Crippen molar-refractivity contribution < 1.29 is 9.90 Å². The van der Waals surface area contributed by atoms with Crippen molar-refractivity contribution in [3.05, 3.63) is 39.8 Å². The van der Waals surface area contributed by atoms with E-state index in [4.69, 9.17) is 0 Å². The standard InChI is InChI=1S/C20H27N3O3/c1-2-5-12-8-9-16-18-17(19(25)21-13-6-3-4-7-13)14(11-24)15(22-18)10-23(16)20(12)26/h2,5,8-9,13-15,17-18,22,24H,3-4,6-7,10-11H2,1H3,(H,21,25)/b5-2-/t14-,15-,17+,18+/m1/s1. The second kappa shape index (κ2) is 7.00. The highest BCUT2D eigenvalue weighted by Gasteiger charge is 2.51. The van der Waals surface area contributed by atoms with Crippen molar-refractivity contribution in [3.8, 4) is 0 Å². The molecule has 3 heterocycles. The molecule has 4 rings (SSSR count). The maximum atomic E-state index is 13.0. The van der Waals surface area contributed by atoms with Gasteiger partial charge in [0, 0.05) is 42.4 Å². The van der Waals surface area contributed by atoms with Crippen molar-refractivity contribution >= 4 is 12.0 Å². The SMILES string of the molecule is C/C=C\c1ccc2n(c1=O)C[C@H]1N[C@@H]2[C@@H](C(=O)NC2CCCC2)[C@@H]1CO. The molecule has 6 nitrogen and oxygen atoms in total. The summed E-state index contributed by atoms with van der Waals surface area (Å²) in [5, 5.41) is 16.6. The second-order valence-electron chi connectivity index (χ2n) is 7.74. The lowest BCUT2D eigenvalue weighted by Crippen LogP contribution is -2.44. The Kier molecular flexibility index (Phi) is 4.71. The first-order valence-corrected chi connectivity index (χ1v) is 9.67. The fraction of sp³-hybridized carbons (Fsp3) is 0.600. The minimum absolute atomic E-state index is 0.00868. The summed E-state index contributed by atoms with van der Waals surface area (Å²) in [5.41, 5.74) is 1.48. The molecule has 2 aliphatic heterocycles. The molecular weight excluding hydrogens is 330 g/mol. The summed E-state index contributed by atoms with van der Waals surface area (Å²) in [7, 11) is 0. The Morgan fingerprint density at radius 1 is 1.38 bits per heavy atom. The number of pyridine rings is 1. The highest BCUT2D eigenvalue weighted by Crippen LogP contribution is 2.41. The Hall–Kier alpha value is -1.92. The summed E-state index contributed by atoms with van der Waals surface area (Å²) in [6.45, 7) is 2.33. The summed E-state index contributed by atoms with van der Waals surface area (Å²) in [5.74, 6) is -0.508. The molecule has 26 heavy (non-hydrogen) atoms. The number of hydrogen-bond acceptors (Lipinski definition) is 4. The number of carbonyl (C=O) groups excluding carboxylic acids is 1. The van der Waals surface area contributed by atoms with Crippen LogP contribution in [0.1, 0.15) is 49.9 Å². The van der Waals surface area contributed by atoms with Gasteiger partial charge in [-0.3, -0.25) is 9.59 Å². The third-order valence-corrected chi connectivity index (χ3v) is 6.23. The molecule has 140 valence electrons. The van der Waals surface area contributed by atoms with E-state index in [0.29, 0.717) is 12.1 Å². The monoisotopic (exact) mass is 357 g/mol. The predicted octanol–water partition coefficient (Wildman–Crippen LogP) is 1.19. The molecule has 0 unspecified atom stereocenters. The van der Waals surface area contributed by atoms with Gasteiger partial charge in [0.05, 0.1) is 12.0 Å². The smallest absolute Gasteiger partial charge is 0.258 e. The van der Waals surface area contributed by atoms with Crippen LogP contribution in [0.3, 0.4) is 0 Å². The van der Waals surface area contributed by atoms with Crippen LogP contribution >= 0.6 is 0 Å². The molecule has 1 saturated heterocycles. The van der Waals surface area contributed by atoms with Crippen molar-refractivity contribution in [1.29, 1.82) is 0 Å². The lowest BCUT2D eigenvalue weighted by Gasteiger charge is -2.28. The fourth-order valence-corrected chi connectivity index (χ4v) is 4.94. The Morgan fingerprint density at radius 3 is 2.85 bits per heavy atom. The summed E-state index contributed by atoms with van der Waals surface area (Å²) in [4.78, 5) is 25.8. The molecule has 3 aliphatic rings. The van der Waals surface area contributed by atoms with E-state index in [2.05, 4.69) is 10.6 Å². The maximum Gasteiger partial charge on any atom is 0.258 e. The Morgan fingerprint density at radius 2 is 2.15 bits per heavy atom. The van der Waals surface area contributed by atoms with Crippen molar-refractivity contribution in [1.82, 2.24) is 15.2 Å². The van der Waals surface area contributed by atoms with Gasteiger partial charge in [0.2, 0.25) is 5.91 Å². The molecule has 6 heteroatoms. The largest absolute Gasteiger partial charge is 0.396 e. The van der Waals surface area contributed by atoms with E-state index < -0.39 is 0 Å². The number of rotatable bonds is 4. The number of aliphatic hydroxyl groups excluding tert-OH is 1. The third kappa shape index (κ3) is 2.81. The number of nitrogens with zero attached hydrogens (tertiary/aromatic N) is 1. The number of nitrogens with one attached hydrogen (secondary N) is 2.